The van der Waals surface area contributed by atoms with Gasteiger partial charge in [-0.2, -0.15) is 0 Å². The number of amides is 1. The lowest BCUT2D eigenvalue weighted by molar-refractivity contribution is -0.179. The van der Waals surface area contributed by atoms with E-state index in [2.05, 4.69) is 0 Å². The summed E-state index contributed by atoms with van der Waals surface area (Å²) in [7, 11) is -2.24. The number of carbonyl (C=O) groups is 1. The minimum Gasteiger partial charge on any atom is -0.274 e. The second-order valence-corrected chi connectivity index (χ2v) is 8.58. The Hall–Kier alpha value is -2.38. The Bertz CT molecular complexity index is 956. The zero-order chi connectivity index (χ0) is 18.5. The Balaban J connectivity index is 1.83. The van der Waals surface area contributed by atoms with E-state index in [1.807, 2.05) is 25.1 Å². The third-order valence-corrected chi connectivity index (χ3v) is 6.91. The van der Waals surface area contributed by atoms with Crippen molar-refractivity contribution in [1.29, 1.82) is 0 Å². The number of nitrogens with zero attached hydrogens (tertiary/aromatic N) is 2. The molecule has 26 heavy (non-hydrogen) atoms. The number of fused-ring (bicyclic) bond motifs is 3. The van der Waals surface area contributed by atoms with Gasteiger partial charge in [0.25, 0.3) is 10.0 Å². The van der Waals surface area contributed by atoms with Gasteiger partial charge in [-0.3, -0.25) is 13.9 Å². The molecule has 2 aromatic rings. The van der Waals surface area contributed by atoms with Gasteiger partial charge >= 0.3 is 0 Å². The molecule has 0 aromatic heterocycles. The summed E-state index contributed by atoms with van der Waals surface area (Å²) >= 11 is 0. The fourth-order valence-electron chi connectivity index (χ4n) is 3.87. The summed E-state index contributed by atoms with van der Waals surface area (Å²) in [5.41, 5.74) is 2.40. The normalized spacial score (nSPS) is 22.3. The highest BCUT2D eigenvalue weighted by atomic mass is 32.2. The van der Waals surface area contributed by atoms with Crippen LogP contribution in [0.5, 0.6) is 0 Å². The van der Waals surface area contributed by atoms with Crippen LogP contribution in [0.3, 0.4) is 0 Å². The van der Waals surface area contributed by atoms with E-state index < -0.39 is 10.0 Å². The molecular formula is C19H20N2O4S. The summed E-state index contributed by atoms with van der Waals surface area (Å²) in [5, 5.41) is 1.37. The molecule has 0 spiro atoms. The van der Waals surface area contributed by atoms with Crippen LogP contribution in [0.15, 0.2) is 53.4 Å². The Labute approximate surface area is 153 Å². The lowest BCUT2D eigenvalue weighted by Gasteiger charge is -2.38. The van der Waals surface area contributed by atoms with Crippen molar-refractivity contribution in [3.8, 4) is 0 Å². The number of benzene rings is 2. The number of hydroxylamine groups is 2. The van der Waals surface area contributed by atoms with Crippen LogP contribution in [0, 0.1) is 12.8 Å². The Morgan fingerprint density at radius 1 is 1.08 bits per heavy atom. The van der Waals surface area contributed by atoms with Crippen LogP contribution >= 0.6 is 0 Å². The molecule has 0 aliphatic carbocycles. The van der Waals surface area contributed by atoms with Crippen LogP contribution in [-0.4, -0.2) is 33.0 Å². The van der Waals surface area contributed by atoms with Gasteiger partial charge in [0.1, 0.15) is 0 Å². The van der Waals surface area contributed by atoms with Crippen molar-refractivity contribution in [3.05, 3.63) is 59.7 Å². The van der Waals surface area contributed by atoms with E-state index in [1.54, 1.807) is 30.3 Å². The van der Waals surface area contributed by atoms with Crippen LogP contribution in [0.25, 0.3) is 0 Å². The molecule has 0 radical (unpaired) electrons. The summed E-state index contributed by atoms with van der Waals surface area (Å²) in [6.07, 6.45) is 0.271. The first kappa shape index (κ1) is 17.1. The van der Waals surface area contributed by atoms with Gasteiger partial charge in [0.05, 0.1) is 23.7 Å². The van der Waals surface area contributed by atoms with Gasteiger partial charge in [-0.25, -0.2) is 13.5 Å². The van der Waals surface area contributed by atoms with Crippen molar-refractivity contribution in [2.75, 3.05) is 18.0 Å². The number of carbonyl (C=O) groups excluding carboxylic acids is 1. The van der Waals surface area contributed by atoms with Crippen LogP contribution in [-0.2, 0) is 19.7 Å². The fourth-order valence-corrected chi connectivity index (χ4v) is 5.42. The Kier molecular flexibility index (Phi) is 4.00. The van der Waals surface area contributed by atoms with E-state index >= 15 is 0 Å². The second kappa shape index (κ2) is 6.10. The average molecular weight is 372 g/mol. The highest BCUT2D eigenvalue weighted by Crippen LogP contribution is 2.47. The molecule has 2 unspecified atom stereocenters. The summed E-state index contributed by atoms with van der Waals surface area (Å²) in [5.74, 6) is -0.260. The van der Waals surface area contributed by atoms with Gasteiger partial charge in [0.2, 0.25) is 5.91 Å². The predicted molar refractivity (Wildman–Crippen MR) is 96.9 cm³/mol. The summed E-state index contributed by atoms with van der Waals surface area (Å²) in [4.78, 5) is 17.8. The molecule has 4 rings (SSSR count). The lowest BCUT2D eigenvalue weighted by atomic mass is 9.89. The van der Waals surface area contributed by atoms with Crippen molar-refractivity contribution in [3.63, 3.8) is 0 Å². The third-order valence-electron chi connectivity index (χ3n) is 5.11. The molecule has 2 aliphatic heterocycles. The number of aryl methyl sites for hydroxylation is 1. The molecule has 2 heterocycles. The van der Waals surface area contributed by atoms with E-state index in [-0.39, 0.29) is 35.7 Å². The first-order chi connectivity index (χ1) is 12.4. The van der Waals surface area contributed by atoms with Crippen LogP contribution in [0.2, 0.25) is 0 Å². The molecule has 7 heteroatoms. The van der Waals surface area contributed by atoms with Crippen molar-refractivity contribution in [2.24, 2.45) is 5.92 Å². The number of para-hydroxylation sites is 1. The van der Waals surface area contributed by atoms with Gasteiger partial charge in [0.15, 0.2) is 0 Å². The minimum absolute atomic E-state index is 0.119. The number of anilines is 1. The highest BCUT2D eigenvalue weighted by Gasteiger charge is 2.48. The van der Waals surface area contributed by atoms with Crippen molar-refractivity contribution in [1.82, 2.24) is 5.06 Å². The molecular weight excluding hydrogens is 352 g/mol. The van der Waals surface area contributed by atoms with Crippen LogP contribution in [0.4, 0.5) is 5.69 Å². The first-order valence-electron chi connectivity index (χ1n) is 8.48. The maximum Gasteiger partial charge on any atom is 0.264 e. The third kappa shape index (κ3) is 2.50. The molecule has 1 fully saturated rings. The molecule has 1 amide bonds. The number of hydrogen-bond donors (Lipinski definition) is 0. The molecule has 0 bridgehead atoms. The maximum absolute atomic E-state index is 13.3. The molecule has 136 valence electrons. The molecule has 0 N–H and O–H groups in total. The summed E-state index contributed by atoms with van der Waals surface area (Å²) in [6.45, 7) is 2.17. The Morgan fingerprint density at radius 2 is 1.77 bits per heavy atom. The van der Waals surface area contributed by atoms with Gasteiger partial charge in [-0.05, 0) is 25.1 Å². The van der Waals surface area contributed by atoms with E-state index in [0.29, 0.717) is 5.69 Å². The average Bonchev–Trinajstić information content (AvgIpc) is 2.96. The SMILES string of the molecule is CON1C(=O)CC2CN(S(=O)(=O)c3ccc(C)cc3)c3ccccc3C21. The zero-order valence-corrected chi connectivity index (χ0v) is 15.4. The molecule has 1 saturated heterocycles. The smallest absolute Gasteiger partial charge is 0.264 e. The first-order valence-corrected chi connectivity index (χ1v) is 9.92. The van der Waals surface area contributed by atoms with Gasteiger partial charge in [0, 0.05) is 24.4 Å². The van der Waals surface area contributed by atoms with Crippen molar-refractivity contribution < 1.29 is 18.0 Å². The molecule has 2 aromatic carbocycles. The topological polar surface area (TPSA) is 66.9 Å². The number of rotatable bonds is 3. The maximum atomic E-state index is 13.3. The molecule has 2 atom stereocenters. The van der Waals surface area contributed by atoms with Gasteiger partial charge in [-0.15, -0.1) is 0 Å². The summed E-state index contributed by atoms with van der Waals surface area (Å²) < 4.78 is 28.0. The fraction of sp³-hybridized carbons (Fsp3) is 0.316. The van der Waals surface area contributed by atoms with E-state index in [9.17, 15) is 13.2 Å². The minimum atomic E-state index is -3.71. The van der Waals surface area contributed by atoms with Gasteiger partial charge < -0.3 is 0 Å². The predicted octanol–water partition coefficient (Wildman–Crippen LogP) is 2.65. The van der Waals surface area contributed by atoms with E-state index in [4.69, 9.17) is 4.84 Å². The number of hydrogen-bond acceptors (Lipinski definition) is 4. The van der Waals surface area contributed by atoms with Gasteiger partial charge in [-0.1, -0.05) is 35.9 Å². The quantitative estimate of drug-likeness (QED) is 0.831. The monoisotopic (exact) mass is 372 g/mol. The number of sulfonamides is 1. The summed E-state index contributed by atoms with van der Waals surface area (Å²) in [6, 6.07) is 13.9. The molecule has 6 nitrogen and oxygen atoms in total. The standard InChI is InChI=1S/C19H20N2O4S/c1-13-7-9-15(10-8-13)26(23,24)20-12-14-11-18(22)21(25-2)19(14)16-5-3-4-6-17(16)20/h3-10,14,19H,11-12H2,1-2H3. The largest absolute Gasteiger partial charge is 0.274 e. The van der Waals surface area contributed by atoms with Crippen LogP contribution < -0.4 is 4.31 Å². The highest BCUT2D eigenvalue weighted by molar-refractivity contribution is 7.92. The molecule has 0 saturated carbocycles. The van der Waals surface area contributed by atoms with Crippen molar-refractivity contribution in [2.45, 2.75) is 24.3 Å². The second-order valence-electron chi connectivity index (χ2n) is 6.72. The lowest BCUT2D eigenvalue weighted by Crippen LogP contribution is -2.42. The van der Waals surface area contributed by atoms with E-state index in [1.165, 1.54) is 16.5 Å². The van der Waals surface area contributed by atoms with Crippen LogP contribution in [0.1, 0.15) is 23.6 Å². The molecule has 2 aliphatic rings. The van der Waals surface area contributed by atoms with E-state index in [0.717, 1.165) is 11.1 Å². The zero-order valence-electron chi connectivity index (χ0n) is 14.6. The Morgan fingerprint density at radius 3 is 2.46 bits per heavy atom. The van der Waals surface area contributed by atoms with Crippen molar-refractivity contribution >= 4 is 21.6 Å².